The van der Waals surface area contributed by atoms with Crippen molar-refractivity contribution in [1.82, 2.24) is 4.98 Å². The number of ketones is 1. The van der Waals surface area contributed by atoms with Crippen molar-refractivity contribution in [3.63, 3.8) is 0 Å². The molecule has 9 heteroatoms. The zero-order valence-electron chi connectivity index (χ0n) is 17.0. The van der Waals surface area contributed by atoms with Gasteiger partial charge in [-0.2, -0.15) is 5.26 Å². The van der Waals surface area contributed by atoms with Crippen molar-refractivity contribution in [2.75, 3.05) is 11.9 Å². The first kappa shape index (κ1) is 22.9. The van der Waals surface area contributed by atoms with Gasteiger partial charge in [-0.05, 0) is 38.5 Å². The van der Waals surface area contributed by atoms with Gasteiger partial charge < -0.3 is 10.1 Å². The number of esters is 1. The number of allylic oxidation sites excluding steroid dienone is 1. The van der Waals surface area contributed by atoms with Crippen molar-refractivity contribution in [2.45, 2.75) is 20.8 Å². The first-order chi connectivity index (χ1) is 14.8. The van der Waals surface area contributed by atoms with E-state index in [0.717, 1.165) is 27.1 Å². The zero-order valence-corrected chi connectivity index (χ0v) is 20.2. The number of rotatable bonds is 7. The second-order valence-electron chi connectivity index (χ2n) is 6.40. The number of thiazole rings is 1. The van der Waals surface area contributed by atoms with Gasteiger partial charge in [-0.1, -0.05) is 28.1 Å². The summed E-state index contributed by atoms with van der Waals surface area (Å²) in [5.41, 5.74) is 2.89. The van der Waals surface area contributed by atoms with Gasteiger partial charge in [0.05, 0.1) is 22.7 Å². The third-order valence-corrected chi connectivity index (χ3v) is 6.96. The predicted molar refractivity (Wildman–Crippen MR) is 127 cm³/mol. The minimum absolute atomic E-state index is 0.135. The summed E-state index contributed by atoms with van der Waals surface area (Å²) < 4.78 is 6.08. The van der Waals surface area contributed by atoms with Crippen LogP contribution in [0.3, 0.4) is 0 Å². The maximum atomic E-state index is 12.4. The molecule has 2 heterocycles. The quantitative estimate of drug-likeness (QED) is 0.225. The Balaban J connectivity index is 1.93. The number of nitriles is 1. The second-order valence-corrected chi connectivity index (χ2v) is 9.19. The Hall–Kier alpha value is -2.80. The van der Waals surface area contributed by atoms with Gasteiger partial charge in [-0.15, -0.1) is 22.7 Å². The van der Waals surface area contributed by atoms with Crippen molar-refractivity contribution in [1.29, 1.82) is 5.26 Å². The molecule has 0 saturated carbocycles. The number of anilines is 1. The van der Waals surface area contributed by atoms with Crippen LogP contribution in [-0.2, 0) is 4.74 Å². The van der Waals surface area contributed by atoms with Gasteiger partial charge in [0, 0.05) is 21.6 Å². The maximum absolute atomic E-state index is 12.4. The first-order valence-corrected chi connectivity index (χ1v) is 11.7. The molecule has 0 atom stereocenters. The molecule has 3 aromatic rings. The number of hydrogen-bond donors (Lipinski definition) is 1. The highest BCUT2D eigenvalue weighted by atomic mass is 79.9. The number of nitrogens with zero attached hydrogens (tertiary/aromatic N) is 2. The minimum atomic E-state index is -0.510. The molecule has 0 bridgehead atoms. The molecule has 0 radical (unpaired) electrons. The van der Waals surface area contributed by atoms with Gasteiger partial charge in [-0.3, -0.25) is 4.79 Å². The van der Waals surface area contributed by atoms with E-state index in [1.165, 1.54) is 24.5 Å². The van der Waals surface area contributed by atoms with E-state index >= 15 is 0 Å². The molecule has 0 spiro atoms. The molecule has 2 aromatic heterocycles. The van der Waals surface area contributed by atoms with Crippen LogP contribution in [0.25, 0.3) is 16.8 Å². The van der Waals surface area contributed by atoms with E-state index in [4.69, 9.17) is 4.74 Å². The summed E-state index contributed by atoms with van der Waals surface area (Å²) in [5.74, 6) is -0.645. The van der Waals surface area contributed by atoms with Crippen LogP contribution in [-0.4, -0.2) is 23.3 Å². The molecule has 0 fully saturated rings. The Morgan fingerprint density at radius 2 is 2.16 bits per heavy atom. The molecule has 0 saturated heterocycles. The maximum Gasteiger partial charge on any atom is 0.341 e. The van der Waals surface area contributed by atoms with Gasteiger partial charge >= 0.3 is 5.97 Å². The monoisotopic (exact) mass is 515 g/mol. The predicted octanol–water partition coefficient (Wildman–Crippen LogP) is 6.30. The SMILES string of the molecule is CCOC(=O)c1c(NC=C(C#N)c2nc(-c3cccc(Br)c3)cs2)sc(C(C)=O)c1C. The number of hydrogen-bond acceptors (Lipinski definition) is 8. The minimum Gasteiger partial charge on any atom is -0.462 e. The molecular weight excluding hydrogens is 498 g/mol. The number of carbonyl (C=O) groups is 2. The Kier molecular flexibility index (Phi) is 7.38. The topological polar surface area (TPSA) is 92.1 Å². The smallest absolute Gasteiger partial charge is 0.341 e. The van der Waals surface area contributed by atoms with Crippen LogP contribution >= 0.6 is 38.6 Å². The lowest BCUT2D eigenvalue weighted by Crippen LogP contribution is -2.08. The Labute approximate surface area is 196 Å². The molecule has 158 valence electrons. The number of nitrogens with one attached hydrogen (secondary N) is 1. The molecule has 0 aliphatic heterocycles. The van der Waals surface area contributed by atoms with Crippen molar-refractivity contribution >= 4 is 60.9 Å². The average molecular weight is 516 g/mol. The van der Waals surface area contributed by atoms with Crippen LogP contribution in [0, 0.1) is 18.3 Å². The number of Topliss-reactive ketones (excluding diaryl/α,β-unsaturated/α-hetero) is 1. The lowest BCUT2D eigenvalue weighted by atomic mass is 10.1. The molecule has 3 rings (SSSR count). The van der Waals surface area contributed by atoms with Crippen LogP contribution in [0.4, 0.5) is 5.00 Å². The number of halogens is 1. The van der Waals surface area contributed by atoms with E-state index < -0.39 is 5.97 Å². The van der Waals surface area contributed by atoms with Gasteiger partial charge in [0.15, 0.2) is 5.78 Å². The van der Waals surface area contributed by atoms with Crippen molar-refractivity contribution < 1.29 is 14.3 Å². The highest BCUT2D eigenvalue weighted by Crippen LogP contribution is 2.35. The van der Waals surface area contributed by atoms with E-state index in [1.54, 1.807) is 13.8 Å². The largest absolute Gasteiger partial charge is 0.462 e. The van der Waals surface area contributed by atoms with Gasteiger partial charge in [0.25, 0.3) is 0 Å². The van der Waals surface area contributed by atoms with Gasteiger partial charge in [0.1, 0.15) is 21.7 Å². The molecule has 0 amide bonds. The average Bonchev–Trinajstić information content (AvgIpc) is 3.34. The van der Waals surface area contributed by atoms with Crippen LogP contribution in [0.5, 0.6) is 0 Å². The lowest BCUT2D eigenvalue weighted by molar-refractivity contribution is 0.0527. The molecule has 31 heavy (non-hydrogen) atoms. The van der Waals surface area contributed by atoms with Crippen LogP contribution in [0.2, 0.25) is 0 Å². The van der Waals surface area contributed by atoms with Crippen LogP contribution in [0.15, 0.2) is 40.3 Å². The second kappa shape index (κ2) is 10.0. The Bertz CT molecular complexity index is 1220. The van der Waals surface area contributed by atoms with Gasteiger partial charge in [-0.25, -0.2) is 9.78 Å². The summed E-state index contributed by atoms with van der Waals surface area (Å²) in [6.07, 6.45) is 1.50. The summed E-state index contributed by atoms with van der Waals surface area (Å²) in [5, 5.41) is 15.6. The lowest BCUT2D eigenvalue weighted by Gasteiger charge is -2.05. The standard InChI is InChI=1S/C22H18BrN3O3S2/c1-4-29-22(28)18-12(2)19(13(3)27)31-21(18)25-10-15(9-24)20-26-17(11-30-20)14-6-5-7-16(23)8-14/h5-8,10-11,25H,4H2,1-3H3. The van der Waals surface area contributed by atoms with E-state index in [2.05, 4.69) is 32.3 Å². The summed E-state index contributed by atoms with van der Waals surface area (Å²) in [6.45, 7) is 5.11. The molecule has 0 aliphatic rings. The van der Waals surface area contributed by atoms with Crippen LogP contribution < -0.4 is 5.32 Å². The van der Waals surface area contributed by atoms with Crippen molar-refractivity contribution in [3.05, 3.63) is 61.3 Å². The highest BCUT2D eigenvalue weighted by molar-refractivity contribution is 9.10. The highest BCUT2D eigenvalue weighted by Gasteiger charge is 2.24. The van der Waals surface area contributed by atoms with E-state index in [-0.39, 0.29) is 12.4 Å². The molecular formula is C22H18BrN3O3S2. The van der Waals surface area contributed by atoms with Crippen LogP contribution in [0.1, 0.15) is 44.4 Å². The van der Waals surface area contributed by atoms with Gasteiger partial charge in [0.2, 0.25) is 0 Å². The fourth-order valence-electron chi connectivity index (χ4n) is 2.86. The van der Waals surface area contributed by atoms with E-state index in [0.29, 0.717) is 31.6 Å². The molecule has 1 aromatic carbocycles. The summed E-state index contributed by atoms with van der Waals surface area (Å²) in [6, 6.07) is 9.89. The molecule has 1 N–H and O–H groups in total. The Morgan fingerprint density at radius 3 is 2.81 bits per heavy atom. The number of carbonyl (C=O) groups excluding carboxylic acids is 2. The molecule has 0 unspecified atom stereocenters. The fourth-order valence-corrected chi connectivity index (χ4v) is 5.11. The number of aromatic nitrogens is 1. The summed E-state index contributed by atoms with van der Waals surface area (Å²) in [7, 11) is 0. The summed E-state index contributed by atoms with van der Waals surface area (Å²) in [4.78, 5) is 29.4. The Morgan fingerprint density at radius 1 is 1.39 bits per heavy atom. The number of benzene rings is 1. The van der Waals surface area contributed by atoms with E-state index in [1.807, 2.05) is 29.6 Å². The number of thiophene rings is 1. The van der Waals surface area contributed by atoms with Crippen molar-refractivity contribution in [3.8, 4) is 17.3 Å². The summed E-state index contributed by atoms with van der Waals surface area (Å²) >= 11 is 5.96. The third kappa shape index (κ3) is 5.10. The fraction of sp³-hybridized carbons (Fsp3) is 0.182. The number of ether oxygens (including phenoxy) is 1. The molecule has 6 nitrogen and oxygen atoms in total. The zero-order chi connectivity index (χ0) is 22.5. The molecule has 0 aliphatic carbocycles. The normalized spacial score (nSPS) is 11.1. The third-order valence-electron chi connectivity index (χ3n) is 4.27. The van der Waals surface area contributed by atoms with Crippen molar-refractivity contribution in [2.24, 2.45) is 0 Å². The van der Waals surface area contributed by atoms with E-state index in [9.17, 15) is 14.9 Å². The first-order valence-electron chi connectivity index (χ1n) is 9.25.